The number of anilines is 1. The van der Waals surface area contributed by atoms with Gasteiger partial charge in [0.05, 0.1) is 5.56 Å². The number of carbonyl (C=O) groups is 1. The minimum absolute atomic E-state index is 0.108. The molecule has 0 bridgehead atoms. The van der Waals surface area contributed by atoms with E-state index in [1.165, 1.54) is 0 Å². The zero-order chi connectivity index (χ0) is 14.2. The molecule has 0 saturated heterocycles. The zero-order valence-corrected chi connectivity index (χ0v) is 11.0. The van der Waals surface area contributed by atoms with Crippen LogP contribution in [-0.4, -0.2) is 19.1 Å². The first-order chi connectivity index (χ1) is 8.86. The summed E-state index contributed by atoms with van der Waals surface area (Å²) < 4.78 is 37.3. The highest BCUT2D eigenvalue weighted by Crippen LogP contribution is 2.40. The number of fused-ring (bicyclic) bond motifs is 1. The van der Waals surface area contributed by atoms with Crippen LogP contribution in [0.5, 0.6) is 0 Å². The summed E-state index contributed by atoms with van der Waals surface area (Å²) in [6, 6.07) is 1.94. The third kappa shape index (κ3) is 2.45. The highest BCUT2D eigenvalue weighted by atomic mass is 32.1. The predicted molar refractivity (Wildman–Crippen MR) is 65.1 cm³/mol. The smallest absolute Gasteiger partial charge is 0.298 e. The van der Waals surface area contributed by atoms with Gasteiger partial charge in [-0.3, -0.25) is 9.69 Å². The molecular formula is C12H11F3N2OS. The summed E-state index contributed by atoms with van der Waals surface area (Å²) in [5.41, 5.74) is 1.04. The van der Waals surface area contributed by atoms with Crippen LogP contribution in [0.1, 0.15) is 28.8 Å². The summed E-state index contributed by atoms with van der Waals surface area (Å²) in [5, 5.41) is 9.24. The molecule has 7 heteroatoms. The van der Waals surface area contributed by atoms with Crippen molar-refractivity contribution in [3.8, 4) is 6.07 Å². The number of hydrogen-bond acceptors (Lipinski definition) is 3. The minimum atomic E-state index is -4.92. The van der Waals surface area contributed by atoms with Gasteiger partial charge >= 0.3 is 12.1 Å². The van der Waals surface area contributed by atoms with Gasteiger partial charge in [0.25, 0.3) is 0 Å². The number of amides is 1. The van der Waals surface area contributed by atoms with Gasteiger partial charge in [0.1, 0.15) is 11.1 Å². The lowest BCUT2D eigenvalue weighted by Crippen LogP contribution is -2.38. The number of carbonyl (C=O) groups excluding carboxylic acids is 1. The molecule has 102 valence electrons. The van der Waals surface area contributed by atoms with Crippen LogP contribution in [0, 0.1) is 11.3 Å². The zero-order valence-electron chi connectivity index (χ0n) is 10.2. The molecular weight excluding hydrogens is 277 g/mol. The summed E-state index contributed by atoms with van der Waals surface area (Å²) in [4.78, 5) is 12.7. The van der Waals surface area contributed by atoms with E-state index in [0.717, 1.165) is 48.1 Å². The quantitative estimate of drug-likeness (QED) is 0.797. The van der Waals surface area contributed by atoms with Crippen molar-refractivity contribution in [2.45, 2.75) is 31.9 Å². The Morgan fingerprint density at radius 1 is 1.37 bits per heavy atom. The van der Waals surface area contributed by atoms with E-state index in [1.807, 2.05) is 6.07 Å². The molecule has 0 saturated carbocycles. The average molecular weight is 288 g/mol. The van der Waals surface area contributed by atoms with Crippen LogP contribution < -0.4 is 4.90 Å². The van der Waals surface area contributed by atoms with Gasteiger partial charge in [0.2, 0.25) is 0 Å². The molecule has 3 nitrogen and oxygen atoms in total. The van der Waals surface area contributed by atoms with Crippen LogP contribution >= 0.6 is 11.3 Å². The molecule has 0 unspecified atom stereocenters. The number of aryl methyl sites for hydroxylation is 1. The second kappa shape index (κ2) is 4.85. The molecule has 0 spiro atoms. The lowest BCUT2D eigenvalue weighted by atomic mass is 9.96. The van der Waals surface area contributed by atoms with Crippen molar-refractivity contribution in [1.82, 2.24) is 0 Å². The van der Waals surface area contributed by atoms with E-state index in [9.17, 15) is 18.0 Å². The van der Waals surface area contributed by atoms with Crippen LogP contribution in [0.25, 0.3) is 0 Å². The first kappa shape index (κ1) is 13.9. The highest BCUT2D eigenvalue weighted by Gasteiger charge is 2.43. The average Bonchev–Trinajstić information content (AvgIpc) is 2.74. The van der Waals surface area contributed by atoms with Crippen LogP contribution in [0.4, 0.5) is 18.2 Å². The first-order valence-corrected chi connectivity index (χ1v) is 6.57. The fourth-order valence-corrected chi connectivity index (χ4v) is 3.48. The van der Waals surface area contributed by atoms with Gasteiger partial charge in [0, 0.05) is 11.9 Å². The fourth-order valence-electron chi connectivity index (χ4n) is 2.19. The van der Waals surface area contributed by atoms with E-state index in [-0.39, 0.29) is 10.6 Å². The minimum Gasteiger partial charge on any atom is -0.298 e. The van der Waals surface area contributed by atoms with E-state index < -0.39 is 12.1 Å². The van der Waals surface area contributed by atoms with E-state index in [2.05, 4.69) is 0 Å². The van der Waals surface area contributed by atoms with Crippen molar-refractivity contribution in [3.63, 3.8) is 0 Å². The monoisotopic (exact) mass is 288 g/mol. The number of hydrogen-bond donors (Lipinski definition) is 0. The molecule has 1 aromatic rings. The molecule has 1 amide bonds. The number of alkyl halides is 3. The Morgan fingerprint density at radius 2 is 2.00 bits per heavy atom. The van der Waals surface area contributed by atoms with Gasteiger partial charge in [-0.15, -0.1) is 11.3 Å². The molecule has 0 radical (unpaired) electrons. The third-order valence-electron chi connectivity index (χ3n) is 3.12. The second-order valence-corrected chi connectivity index (χ2v) is 5.45. The lowest BCUT2D eigenvalue weighted by Gasteiger charge is -2.17. The van der Waals surface area contributed by atoms with Gasteiger partial charge in [-0.2, -0.15) is 18.4 Å². The van der Waals surface area contributed by atoms with Crippen LogP contribution in [0.3, 0.4) is 0 Å². The van der Waals surface area contributed by atoms with Crippen molar-refractivity contribution in [3.05, 3.63) is 16.0 Å². The molecule has 0 N–H and O–H groups in total. The largest absolute Gasteiger partial charge is 0.471 e. The molecule has 1 aromatic heterocycles. The van der Waals surface area contributed by atoms with Gasteiger partial charge in [-0.05, 0) is 31.2 Å². The van der Waals surface area contributed by atoms with Crippen molar-refractivity contribution >= 4 is 22.2 Å². The van der Waals surface area contributed by atoms with Gasteiger partial charge in [-0.1, -0.05) is 0 Å². The number of nitriles is 1. The van der Waals surface area contributed by atoms with Crippen LogP contribution in [-0.2, 0) is 17.6 Å². The number of rotatable bonds is 1. The third-order valence-corrected chi connectivity index (χ3v) is 4.48. The van der Waals surface area contributed by atoms with Crippen LogP contribution in [0.15, 0.2) is 0 Å². The van der Waals surface area contributed by atoms with Gasteiger partial charge < -0.3 is 0 Å². The Morgan fingerprint density at radius 3 is 2.58 bits per heavy atom. The van der Waals surface area contributed by atoms with Crippen molar-refractivity contribution < 1.29 is 18.0 Å². The molecule has 1 aliphatic carbocycles. The SMILES string of the molecule is CN(C(=O)C(F)(F)F)c1sc2c(c1C#N)CCCC2. The number of halogens is 3. The maximum absolute atomic E-state index is 12.4. The van der Waals surface area contributed by atoms with Crippen LogP contribution in [0.2, 0.25) is 0 Å². The van der Waals surface area contributed by atoms with E-state index in [1.54, 1.807) is 0 Å². The highest BCUT2D eigenvalue weighted by molar-refractivity contribution is 7.16. The molecule has 1 heterocycles. The normalized spacial score (nSPS) is 14.7. The van der Waals surface area contributed by atoms with E-state index in [0.29, 0.717) is 11.3 Å². The standard InChI is InChI=1S/C12H11F3N2OS/c1-17(11(18)12(13,14)15)10-8(6-16)7-4-2-3-5-9(7)19-10/h2-5H2,1H3. The Bertz CT molecular complexity index is 557. The van der Waals surface area contributed by atoms with E-state index in [4.69, 9.17) is 5.26 Å². The Kier molecular flexibility index (Phi) is 3.54. The maximum atomic E-state index is 12.4. The Hall–Kier alpha value is -1.55. The molecule has 0 atom stereocenters. The van der Waals surface area contributed by atoms with Crippen molar-refractivity contribution in [1.29, 1.82) is 5.26 Å². The summed E-state index contributed by atoms with van der Waals surface area (Å²) >= 11 is 1.12. The first-order valence-electron chi connectivity index (χ1n) is 5.75. The topological polar surface area (TPSA) is 44.1 Å². The molecule has 19 heavy (non-hydrogen) atoms. The maximum Gasteiger partial charge on any atom is 0.471 e. The molecule has 2 rings (SSSR count). The predicted octanol–water partition coefficient (Wildman–Crippen LogP) is 3.02. The summed E-state index contributed by atoms with van der Waals surface area (Å²) in [6.07, 6.45) is -1.57. The molecule has 0 fully saturated rings. The Labute approximate surface area is 112 Å². The summed E-state index contributed by atoms with van der Waals surface area (Å²) in [5.74, 6) is -1.94. The molecule has 0 aliphatic heterocycles. The van der Waals surface area contributed by atoms with Gasteiger partial charge in [0.15, 0.2) is 0 Å². The second-order valence-electron chi connectivity index (χ2n) is 4.36. The number of thiophene rings is 1. The van der Waals surface area contributed by atoms with Crippen molar-refractivity contribution in [2.24, 2.45) is 0 Å². The number of nitrogens with zero attached hydrogens (tertiary/aromatic N) is 2. The van der Waals surface area contributed by atoms with E-state index >= 15 is 0 Å². The summed E-state index contributed by atoms with van der Waals surface area (Å²) in [7, 11) is 1.06. The molecule has 0 aromatic carbocycles. The fraction of sp³-hybridized carbons (Fsp3) is 0.500. The lowest BCUT2D eigenvalue weighted by molar-refractivity contribution is -0.170. The Balaban J connectivity index is 2.43. The van der Waals surface area contributed by atoms with Gasteiger partial charge in [-0.25, -0.2) is 0 Å². The van der Waals surface area contributed by atoms with Crippen molar-refractivity contribution in [2.75, 3.05) is 11.9 Å². The molecule has 1 aliphatic rings. The summed E-state index contributed by atoms with van der Waals surface area (Å²) in [6.45, 7) is 0.